The average Bonchev–Trinajstić information content (AvgIpc) is 2.10. The minimum atomic E-state index is -3.90. The number of carbonyl (C=O) groups is 1. The van der Waals surface area contributed by atoms with Gasteiger partial charge in [-0.2, -0.15) is 12.7 Å². The van der Waals surface area contributed by atoms with Crippen LogP contribution in [0.15, 0.2) is 0 Å². The normalized spacial score (nSPS) is 11.7. The zero-order chi connectivity index (χ0) is 11.9. The van der Waals surface area contributed by atoms with Crippen molar-refractivity contribution in [2.45, 2.75) is 6.92 Å². The van der Waals surface area contributed by atoms with Crippen molar-refractivity contribution >= 4 is 16.2 Å². The number of esters is 1. The lowest BCUT2D eigenvalue weighted by molar-refractivity contribution is -0.143. The predicted octanol–water partition coefficient (Wildman–Crippen LogP) is -1.30. The van der Waals surface area contributed by atoms with Gasteiger partial charge in [0.1, 0.15) is 6.54 Å². The van der Waals surface area contributed by atoms with E-state index < -0.39 is 22.7 Å². The van der Waals surface area contributed by atoms with Crippen molar-refractivity contribution < 1.29 is 22.7 Å². The Morgan fingerprint density at radius 1 is 1.47 bits per heavy atom. The van der Waals surface area contributed by atoms with Crippen LogP contribution < -0.4 is 5.14 Å². The molecule has 0 aromatic carbocycles. The predicted molar refractivity (Wildman–Crippen MR) is 53.2 cm³/mol. The molecule has 0 aromatic rings. The standard InChI is InChI=1S/C7H16N2O5S/c1-3-14-7(10)6-9(4-5-13-2)15(8,11)12/h3-6H2,1-2H3,(H2,8,11,12). The summed E-state index contributed by atoms with van der Waals surface area (Å²) in [5, 5.41) is 4.90. The smallest absolute Gasteiger partial charge is 0.321 e. The van der Waals surface area contributed by atoms with Gasteiger partial charge in [0.05, 0.1) is 13.2 Å². The van der Waals surface area contributed by atoms with Crippen LogP contribution in [-0.4, -0.2) is 52.1 Å². The molecule has 0 aliphatic heterocycles. The molecular weight excluding hydrogens is 224 g/mol. The first-order chi connectivity index (χ1) is 6.91. The number of nitrogens with zero attached hydrogens (tertiary/aromatic N) is 1. The summed E-state index contributed by atoms with van der Waals surface area (Å²) < 4.78 is 32.1. The molecule has 0 saturated heterocycles. The molecule has 8 heteroatoms. The third kappa shape index (κ3) is 6.39. The maximum Gasteiger partial charge on any atom is 0.321 e. The van der Waals surface area contributed by atoms with Crippen molar-refractivity contribution in [2.24, 2.45) is 5.14 Å². The van der Waals surface area contributed by atoms with E-state index in [9.17, 15) is 13.2 Å². The van der Waals surface area contributed by atoms with E-state index >= 15 is 0 Å². The number of ether oxygens (including phenoxy) is 2. The SMILES string of the molecule is CCOC(=O)CN(CCOC)S(N)(=O)=O. The zero-order valence-corrected chi connectivity index (χ0v) is 9.62. The summed E-state index contributed by atoms with van der Waals surface area (Å²) in [5.41, 5.74) is 0. The number of hydrogen-bond donors (Lipinski definition) is 1. The van der Waals surface area contributed by atoms with Gasteiger partial charge in [0, 0.05) is 13.7 Å². The fourth-order valence-corrected chi connectivity index (χ4v) is 1.45. The molecule has 0 unspecified atom stereocenters. The van der Waals surface area contributed by atoms with Gasteiger partial charge in [-0.3, -0.25) is 4.79 Å². The first kappa shape index (κ1) is 14.3. The van der Waals surface area contributed by atoms with Crippen molar-refractivity contribution in [3.63, 3.8) is 0 Å². The van der Waals surface area contributed by atoms with Gasteiger partial charge in [-0.05, 0) is 6.92 Å². The Morgan fingerprint density at radius 2 is 2.07 bits per heavy atom. The van der Waals surface area contributed by atoms with Gasteiger partial charge in [-0.25, -0.2) is 5.14 Å². The number of carbonyl (C=O) groups excluding carboxylic acids is 1. The Bertz CT molecular complexity index is 290. The lowest BCUT2D eigenvalue weighted by Gasteiger charge is -2.17. The van der Waals surface area contributed by atoms with Crippen molar-refractivity contribution in [3.8, 4) is 0 Å². The fraction of sp³-hybridized carbons (Fsp3) is 0.857. The first-order valence-electron chi connectivity index (χ1n) is 4.34. The van der Waals surface area contributed by atoms with Crippen LogP contribution in [0.4, 0.5) is 0 Å². The lowest BCUT2D eigenvalue weighted by Crippen LogP contribution is -2.42. The van der Waals surface area contributed by atoms with E-state index in [1.54, 1.807) is 6.92 Å². The van der Waals surface area contributed by atoms with E-state index in [2.05, 4.69) is 4.74 Å². The molecular formula is C7H16N2O5S. The third-order valence-corrected chi connectivity index (χ3v) is 2.55. The minimum Gasteiger partial charge on any atom is -0.465 e. The second-order valence-electron chi connectivity index (χ2n) is 2.68. The Balaban J connectivity index is 4.32. The number of methoxy groups -OCH3 is 1. The van der Waals surface area contributed by atoms with E-state index in [1.807, 2.05) is 0 Å². The topological polar surface area (TPSA) is 98.9 Å². The summed E-state index contributed by atoms with van der Waals surface area (Å²) in [5.74, 6) is -0.636. The molecule has 0 radical (unpaired) electrons. The van der Waals surface area contributed by atoms with E-state index in [1.165, 1.54) is 7.11 Å². The molecule has 15 heavy (non-hydrogen) atoms. The maximum atomic E-state index is 11.0. The van der Waals surface area contributed by atoms with Crippen molar-refractivity contribution in [3.05, 3.63) is 0 Å². The van der Waals surface area contributed by atoms with Gasteiger partial charge in [-0.15, -0.1) is 0 Å². The number of rotatable bonds is 7. The molecule has 0 bridgehead atoms. The fourth-order valence-electron chi connectivity index (χ4n) is 0.840. The molecule has 90 valence electrons. The molecule has 0 saturated carbocycles. The number of hydrogen-bond acceptors (Lipinski definition) is 5. The van der Waals surface area contributed by atoms with E-state index in [0.717, 1.165) is 4.31 Å². The largest absolute Gasteiger partial charge is 0.465 e. The average molecular weight is 240 g/mol. The highest BCUT2D eigenvalue weighted by molar-refractivity contribution is 7.86. The van der Waals surface area contributed by atoms with Crippen LogP contribution in [0.3, 0.4) is 0 Å². The van der Waals surface area contributed by atoms with Crippen molar-refractivity contribution in [2.75, 3.05) is 33.4 Å². The third-order valence-electron chi connectivity index (χ3n) is 1.52. The second-order valence-corrected chi connectivity index (χ2v) is 4.22. The van der Waals surface area contributed by atoms with E-state index in [4.69, 9.17) is 9.88 Å². The summed E-state index contributed by atoms with van der Waals surface area (Å²) in [6, 6.07) is 0. The summed E-state index contributed by atoms with van der Waals surface area (Å²) >= 11 is 0. The Labute approximate surface area is 89.3 Å². The van der Waals surface area contributed by atoms with Crippen molar-refractivity contribution in [1.29, 1.82) is 0 Å². The molecule has 7 nitrogen and oxygen atoms in total. The molecule has 2 N–H and O–H groups in total. The quantitative estimate of drug-likeness (QED) is 0.558. The molecule has 0 aliphatic carbocycles. The molecule has 0 aliphatic rings. The van der Waals surface area contributed by atoms with E-state index in [0.29, 0.717) is 0 Å². The van der Waals surface area contributed by atoms with Gasteiger partial charge >= 0.3 is 5.97 Å². The Hall–Kier alpha value is -0.700. The van der Waals surface area contributed by atoms with Crippen LogP contribution in [0, 0.1) is 0 Å². The van der Waals surface area contributed by atoms with Crippen LogP contribution in [0.2, 0.25) is 0 Å². The highest BCUT2D eigenvalue weighted by Gasteiger charge is 2.20. The minimum absolute atomic E-state index is 0.0220. The Kier molecular flexibility index (Phi) is 6.41. The zero-order valence-electron chi connectivity index (χ0n) is 8.80. The van der Waals surface area contributed by atoms with Crippen LogP contribution >= 0.6 is 0 Å². The molecule has 0 spiro atoms. The van der Waals surface area contributed by atoms with Gasteiger partial charge < -0.3 is 9.47 Å². The molecule has 0 amide bonds. The van der Waals surface area contributed by atoms with Gasteiger partial charge in [0.25, 0.3) is 10.2 Å². The lowest BCUT2D eigenvalue weighted by atomic mass is 10.6. The summed E-state index contributed by atoms with van der Waals surface area (Å²) in [4.78, 5) is 11.0. The molecule has 0 atom stereocenters. The van der Waals surface area contributed by atoms with Crippen molar-refractivity contribution in [1.82, 2.24) is 4.31 Å². The summed E-state index contributed by atoms with van der Waals surface area (Å²) in [7, 11) is -2.48. The monoisotopic (exact) mass is 240 g/mol. The second kappa shape index (κ2) is 6.72. The van der Waals surface area contributed by atoms with Crippen LogP contribution in [0.5, 0.6) is 0 Å². The summed E-state index contributed by atoms with van der Waals surface area (Å²) in [6.45, 7) is 1.62. The molecule has 0 heterocycles. The van der Waals surface area contributed by atoms with Crippen LogP contribution in [0.25, 0.3) is 0 Å². The van der Waals surface area contributed by atoms with Crippen LogP contribution in [0.1, 0.15) is 6.92 Å². The first-order valence-corrected chi connectivity index (χ1v) is 5.84. The van der Waals surface area contributed by atoms with Gasteiger partial charge in [-0.1, -0.05) is 0 Å². The van der Waals surface area contributed by atoms with Gasteiger partial charge in [0.15, 0.2) is 0 Å². The highest BCUT2D eigenvalue weighted by atomic mass is 32.2. The highest BCUT2D eigenvalue weighted by Crippen LogP contribution is 1.95. The molecule has 0 aromatic heterocycles. The van der Waals surface area contributed by atoms with Gasteiger partial charge in [0.2, 0.25) is 0 Å². The molecule has 0 fully saturated rings. The summed E-state index contributed by atoms with van der Waals surface area (Å²) in [6.07, 6.45) is 0. The molecule has 0 rings (SSSR count). The number of nitrogens with two attached hydrogens (primary N) is 1. The Morgan fingerprint density at radius 3 is 2.47 bits per heavy atom. The van der Waals surface area contributed by atoms with Crippen LogP contribution in [-0.2, 0) is 24.5 Å². The maximum absolute atomic E-state index is 11.0. The van der Waals surface area contributed by atoms with E-state index in [-0.39, 0.29) is 19.8 Å².